The third-order valence-electron chi connectivity index (χ3n) is 3.00. The SMILES string of the molecule is CC(Nc1nc2ccccc2o1)c1ccc(Cl)cc1. The van der Waals surface area contributed by atoms with Gasteiger partial charge in [-0.1, -0.05) is 35.9 Å². The second kappa shape index (κ2) is 4.94. The van der Waals surface area contributed by atoms with Crippen LogP contribution in [0, 0.1) is 0 Å². The first-order valence-electron chi connectivity index (χ1n) is 6.10. The summed E-state index contributed by atoms with van der Waals surface area (Å²) in [5.41, 5.74) is 2.77. The minimum absolute atomic E-state index is 0.102. The number of hydrogen-bond donors (Lipinski definition) is 1. The molecule has 4 heteroatoms. The van der Waals surface area contributed by atoms with Crippen molar-refractivity contribution >= 4 is 28.7 Å². The fraction of sp³-hybridized carbons (Fsp3) is 0.133. The highest BCUT2D eigenvalue weighted by atomic mass is 35.5. The van der Waals surface area contributed by atoms with Gasteiger partial charge in [-0.15, -0.1) is 0 Å². The number of nitrogens with one attached hydrogen (secondary N) is 1. The summed E-state index contributed by atoms with van der Waals surface area (Å²) in [6, 6.07) is 16.1. The molecule has 3 aromatic rings. The van der Waals surface area contributed by atoms with Gasteiger partial charge < -0.3 is 9.73 Å². The Kier molecular flexibility index (Phi) is 3.13. The van der Waals surface area contributed by atoms with E-state index in [1.165, 1.54) is 0 Å². The molecule has 3 rings (SSSR count). The van der Waals surface area contributed by atoms with E-state index >= 15 is 0 Å². The molecule has 1 aromatic heterocycles. The van der Waals surface area contributed by atoms with E-state index in [9.17, 15) is 0 Å². The van der Waals surface area contributed by atoms with Gasteiger partial charge in [-0.2, -0.15) is 4.98 Å². The molecule has 0 aliphatic rings. The Morgan fingerprint density at radius 2 is 1.84 bits per heavy atom. The fourth-order valence-electron chi connectivity index (χ4n) is 1.95. The van der Waals surface area contributed by atoms with Crippen molar-refractivity contribution in [3.05, 3.63) is 59.1 Å². The first-order valence-corrected chi connectivity index (χ1v) is 6.48. The molecule has 0 aliphatic heterocycles. The van der Waals surface area contributed by atoms with E-state index in [0.717, 1.165) is 21.7 Å². The normalized spacial score (nSPS) is 12.5. The van der Waals surface area contributed by atoms with Crippen molar-refractivity contribution in [3.63, 3.8) is 0 Å². The van der Waals surface area contributed by atoms with E-state index in [-0.39, 0.29) is 6.04 Å². The smallest absolute Gasteiger partial charge is 0.296 e. The van der Waals surface area contributed by atoms with Crippen LogP contribution >= 0.6 is 11.6 Å². The summed E-state index contributed by atoms with van der Waals surface area (Å²) in [6.45, 7) is 2.05. The number of rotatable bonds is 3. The number of benzene rings is 2. The predicted octanol–water partition coefficient (Wildman–Crippen LogP) is 4.65. The van der Waals surface area contributed by atoms with Crippen LogP contribution in [0.2, 0.25) is 5.02 Å². The van der Waals surface area contributed by atoms with Gasteiger partial charge in [-0.25, -0.2) is 0 Å². The summed E-state index contributed by atoms with van der Waals surface area (Å²) in [5, 5.41) is 3.98. The molecule has 1 heterocycles. The van der Waals surface area contributed by atoms with Crippen LogP contribution in [0.5, 0.6) is 0 Å². The Morgan fingerprint density at radius 3 is 2.58 bits per heavy atom. The molecule has 96 valence electrons. The van der Waals surface area contributed by atoms with Crippen LogP contribution in [0.3, 0.4) is 0 Å². The average Bonchev–Trinajstić information content (AvgIpc) is 2.81. The van der Waals surface area contributed by atoms with Gasteiger partial charge in [0.25, 0.3) is 6.01 Å². The van der Waals surface area contributed by atoms with E-state index in [1.807, 2.05) is 48.5 Å². The highest BCUT2D eigenvalue weighted by Gasteiger charge is 2.10. The molecular formula is C15H13ClN2O. The number of aromatic nitrogens is 1. The van der Waals surface area contributed by atoms with Gasteiger partial charge in [0, 0.05) is 5.02 Å². The Bertz CT molecular complexity index is 658. The van der Waals surface area contributed by atoms with Crippen molar-refractivity contribution in [2.75, 3.05) is 5.32 Å². The molecule has 1 atom stereocenters. The second-order valence-corrected chi connectivity index (χ2v) is 4.84. The summed E-state index contributed by atoms with van der Waals surface area (Å²) in [5.74, 6) is 0. The molecule has 2 aromatic carbocycles. The molecule has 0 fully saturated rings. The van der Waals surface area contributed by atoms with E-state index < -0.39 is 0 Å². The second-order valence-electron chi connectivity index (χ2n) is 4.40. The zero-order valence-electron chi connectivity index (χ0n) is 10.4. The Balaban J connectivity index is 1.82. The van der Waals surface area contributed by atoms with Crippen LogP contribution in [-0.2, 0) is 0 Å². The lowest BCUT2D eigenvalue weighted by Crippen LogP contribution is -2.06. The van der Waals surface area contributed by atoms with Crippen molar-refractivity contribution in [2.24, 2.45) is 0 Å². The van der Waals surface area contributed by atoms with Crippen molar-refractivity contribution in [1.29, 1.82) is 0 Å². The topological polar surface area (TPSA) is 38.1 Å². The maximum atomic E-state index is 5.88. The van der Waals surface area contributed by atoms with Gasteiger partial charge >= 0.3 is 0 Å². The number of oxazole rings is 1. The summed E-state index contributed by atoms with van der Waals surface area (Å²) in [6.07, 6.45) is 0. The third kappa shape index (κ3) is 2.56. The van der Waals surface area contributed by atoms with Crippen molar-refractivity contribution in [1.82, 2.24) is 4.98 Å². The standard InChI is InChI=1S/C15H13ClN2O/c1-10(11-6-8-12(16)9-7-11)17-15-18-13-4-2-3-5-14(13)19-15/h2-10H,1H3,(H,17,18). The van der Waals surface area contributed by atoms with Gasteiger partial charge in [-0.05, 0) is 36.8 Å². The van der Waals surface area contributed by atoms with Crippen LogP contribution in [0.15, 0.2) is 52.9 Å². The number of hydrogen-bond acceptors (Lipinski definition) is 3. The maximum absolute atomic E-state index is 5.88. The van der Waals surface area contributed by atoms with E-state index in [1.54, 1.807) is 0 Å². The van der Waals surface area contributed by atoms with E-state index in [4.69, 9.17) is 16.0 Å². The van der Waals surface area contributed by atoms with Crippen LogP contribution in [-0.4, -0.2) is 4.98 Å². The molecular weight excluding hydrogens is 260 g/mol. The number of anilines is 1. The van der Waals surface area contributed by atoms with Crippen LogP contribution in [0.4, 0.5) is 6.01 Å². The van der Waals surface area contributed by atoms with Crippen molar-refractivity contribution in [2.45, 2.75) is 13.0 Å². The summed E-state index contributed by atoms with van der Waals surface area (Å²) < 4.78 is 5.64. The molecule has 0 aliphatic carbocycles. The van der Waals surface area contributed by atoms with Gasteiger partial charge in [0.05, 0.1) is 6.04 Å². The van der Waals surface area contributed by atoms with Crippen molar-refractivity contribution < 1.29 is 4.42 Å². The van der Waals surface area contributed by atoms with Crippen LogP contribution in [0.1, 0.15) is 18.5 Å². The lowest BCUT2D eigenvalue weighted by atomic mass is 10.1. The Morgan fingerprint density at radius 1 is 1.11 bits per heavy atom. The van der Waals surface area contributed by atoms with Crippen molar-refractivity contribution in [3.8, 4) is 0 Å². The predicted molar refractivity (Wildman–Crippen MR) is 77.5 cm³/mol. The van der Waals surface area contributed by atoms with Gasteiger partial charge in [-0.3, -0.25) is 0 Å². The molecule has 1 N–H and O–H groups in total. The lowest BCUT2D eigenvalue weighted by molar-refractivity contribution is 0.604. The summed E-state index contributed by atoms with van der Waals surface area (Å²) in [4.78, 5) is 4.39. The molecule has 0 radical (unpaired) electrons. The quantitative estimate of drug-likeness (QED) is 0.754. The third-order valence-corrected chi connectivity index (χ3v) is 3.26. The van der Waals surface area contributed by atoms with Gasteiger partial charge in [0.1, 0.15) is 5.52 Å². The molecule has 1 unspecified atom stereocenters. The maximum Gasteiger partial charge on any atom is 0.296 e. The molecule has 0 amide bonds. The highest BCUT2D eigenvalue weighted by Crippen LogP contribution is 2.23. The zero-order chi connectivity index (χ0) is 13.2. The largest absolute Gasteiger partial charge is 0.424 e. The minimum Gasteiger partial charge on any atom is -0.424 e. The number of halogens is 1. The molecule has 0 bridgehead atoms. The van der Waals surface area contributed by atoms with Crippen LogP contribution < -0.4 is 5.32 Å². The van der Waals surface area contributed by atoms with E-state index in [2.05, 4.69) is 17.2 Å². The lowest BCUT2D eigenvalue weighted by Gasteiger charge is -2.12. The average molecular weight is 273 g/mol. The van der Waals surface area contributed by atoms with E-state index in [0.29, 0.717) is 6.01 Å². The van der Waals surface area contributed by atoms with Gasteiger partial charge in [0.15, 0.2) is 5.58 Å². The van der Waals surface area contributed by atoms with Crippen LogP contribution in [0.25, 0.3) is 11.1 Å². The number of nitrogens with zero attached hydrogens (tertiary/aromatic N) is 1. The first-order chi connectivity index (χ1) is 9.22. The summed E-state index contributed by atoms with van der Waals surface area (Å²) >= 11 is 5.88. The highest BCUT2D eigenvalue weighted by molar-refractivity contribution is 6.30. The Hall–Kier alpha value is -2.00. The zero-order valence-corrected chi connectivity index (χ0v) is 11.2. The van der Waals surface area contributed by atoms with Gasteiger partial charge in [0.2, 0.25) is 0 Å². The number of para-hydroxylation sites is 2. The molecule has 0 saturated carbocycles. The number of fused-ring (bicyclic) bond motifs is 1. The molecule has 0 saturated heterocycles. The molecule has 3 nitrogen and oxygen atoms in total. The molecule has 19 heavy (non-hydrogen) atoms. The minimum atomic E-state index is 0.102. The fourth-order valence-corrected chi connectivity index (χ4v) is 2.08. The summed E-state index contributed by atoms with van der Waals surface area (Å²) in [7, 11) is 0. The first kappa shape index (κ1) is 12.1. The Labute approximate surface area is 116 Å². The monoisotopic (exact) mass is 272 g/mol. The molecule has 0 spiro atoms.